The predicted molar refractivity (Wildman–Crippen MR) is 188 cm³/mol. The molecule has 260 valence electrons. The van der Waals surface area contributed by atoms with E-state index in [9.17, 15) is 23.3 Å². The molecule has 8 nitrogen and oxygen atoms in total. The topological polar surface area (TPSA) is 118 Å². The van der Waals surface area contributed by atoms with Gasteiger partial charge < -0.3 is 5.32 Å². The molecule has 0 saturated heterocycles. The highest BCUT2D eigenvalue weighted by Crippen LogP contribution is 2.62. The summed E-state index contributed by atoms with van der Waals surface area (Å²) in [6, 6.07) is 11.2. The van der Waals surface area contributed by atoms with E-state index in [2.05, 4.69) is 44.7 Å². The number of nitro benzene ring substituents is 1. The number of hydrogen-bond donors (Lipinski definition) is 2. The molecule has 6 aliphatic rings. The van der Waals surface area contributed by atoms with Crippen LogP contribution in [0.1, 0.15) is 121 Å². The standard InChI is InChI=1S/C39H53N3O5S/c1-24-14-32-33(38(4,5)13-12-37(32,2)3)19-31(24)28-6-8-29(9-7-28)36(43)41-48(46,47)30-10-11-34(35(18-30)42(44)45)40-23-39-20-25-15-26(21-39)17-27(16-25)22-39/h6-11,18,24-27,31-33,40H,12-17,19-23H2,1-5H3,(H,41,43). The zero-order valence-electron chi connectivity index (χ0n) is 29.3. The fraction of sp³-hybridized carbons (Fsp3) is 0.667. The van der Waals surface area contributed by atoms with Crippen molar-refractivity contribution in [2.75, 3.05) is 11.9 Å². The van der Waals surface area contributed by atoms with Gasteiger partial charge in [-0.3, -0.25) is 14.9 Å². The van der Waals surface area contributed by atoms with Crippen LogP contribution in [-0.2, 0) is 10.0 Å². The molecule has 2 N–H and O–H groups in total. The maximum atomic E-state index is 13.3. The lowest BCUT2D eigenvalue weighted by Crippen LogP contribution is -2.49. The molecule has 4 bridgehead atoms. The second kappa shape index (κ2) is 11.8. The number of rotatable bonds is 8. The van der Waals surface area contributed by atoms with E-state index in [4.69, 9.17) is 0 Å². The molecular weight excluding hydrogens is 623 g/mol. The van der Waals surface area contributed by atoms with Crippen molar-refractivity contribution in [2.24, 2.45) is 51.8 Å². The van der Waals surface area contributed by atoms with Crippen LogP contribution >= 0.6 is 0 Å². The first-order chi connectivity index (χ1) is 22.5. The van der Waals surface area contributed by atoms with Crippen molar-refractivity contribution in [3.8, 4) is 0 Å². The van der Waals surface area contributed by atoms with Crippen molar-refractivity contribution in [2.45, 2.75) is 110 Å². The number of nitrogens with zero attached hydrogens (tertiary/aromatic N) is 1. The van der Waals surface area contributed by atoms with Gasteiger partial charge in [-0.05, 0) is 152 Å². The Morgan fingerprint density at radius 1 is 0.854 bits per heavy atom. The summed E-state index contributed by atoms with van der Waals surface area (Å²) in [6.45, 7) is 12.7. The monoisotopic (exact) mass is 675 g/mol. The van der Waals surface area contributed by atoms with Crippen molar-refractivity contribution in [3.63, 3.8) is 0 Å². The third-order valence-corrected chi connectivity index (χ3v) is 15.2. The fourth-order valence-corrected chi connectivity index (χ4v) is 12.5. The normalized spacial score (nSPS) is 34.6. The summed E-state index contributed by atoms with van der Waals surface area (Å²) in [5, 5.41) is 15.4. The number of hydrogen-bond acceptors (Lipinski definition) is 6. The molecule has 9 heteroatoms. The minimum atomic E-state index is -4.34. The fourth-order valence-electron chi connectivity index (χ4n) is 11.5. The number of amides is 1. The highest BCUT2D eigenvalue weighted by atomic mass is 32.2. The maximum absolute atomic E-state index is 13.3. The number of fused-ring (bicyclic) bond motifs is 1. The molecular formula is C39H53N3O5S. The number of carbonyl (C=O) groups is 1. The molecule has 0 spiro atoms. The average Bonchev–Trinajstić information content (AvgIpc) is 3.01. The maximum Gasteiger partial charge on any atom is 0.293 e. The number of benzene rings is 2. The summed E-state index contributed by atoms with van der Waals surface area (Å²) in [4.78, 5) is 24.4. The van der Waals surface area contributed by atoms with Gasteiger partial charge in [-0.2, -0.15) is 0 Å². The summed E-state index contributed by atoms with van der Waals surface area (Å²) in [5.41, 5.74) is 2.26. The van der Waals surface area contributed by atoms with Crippen LogP contribution in [0.2, 0.25) is 0 Å². The highest BCUT2D eigenvalue weighted by molar-refractivity contribution is 7.90. The summed E-state index contributed by atoms with van der Waals surface area (Å²) >= 11 is 0. The van der Waals surface area contributed by atoms with Crippen LogP contribution in [0.5, 0.6) is 0 Å². The average molecular weight is 676 g/mol. The van der Waals surface area contributed by atoms with E-state index in [1.807, 2.05) is 12.1 Å². The first-order valence-corrected chi connectivity index (χ1v) is 19.7. The molecule has 4 unspecified atom stereocenters. The molecule has 4 atom stereocenters. The summed E-state index contributed by atoms with van der Waals surface area (Å²) < 4.78 is 28.8. The van der Waals surface area contributed by atoms with Gasteiger partial charge in [0.2, 0.25) is 0 Å². The molecule has 2 aromatic rings. The van der Waals surface area contributed by atoms with E-state index in [-0.39, 0.29) is 21.6 Å². The Kier molecular flexibility index (Phi) is 8.28. The lowest BCUT2D eigenvalue weighted by Gasteiger charge is -2.57. The molecule has 6 saturated carbocycles. The Bertz CT molecular complexity index is 1660. The Morgan fingerprint density at radius 2 is 1.42 bits per heavy atom. The molecule has 0 radical (unpaired) electrons. The van der Waals surface area contributed by atoms with Gasteiger partial charge in [0, 0.05) is 18.2 Å². The van der Waals surface area contributed by atoms with Crippen LogP contribution < -0.4 is 10.0 Å². The smallest absolute Gasteiger partial charge is 0.293 e. The minimum Gasteiger partial charge on any atom is -0.379 e. The van der Waals surface area contributed by atoms with Crippen molar-refractivity contribution >= 4 is 27.3 Å². The second-order valence-electron chi connectivity index (χ2n) is 18.0. The van der Waals surface area contributed by atoms with Crippen LogP contribution in [0.4, 0.5) is 11.4 Å². The van der Waals surface area contributed by atoms with Crippen LogP contribution in [0, 0.1) is 61.9 Å². The molecule has 0 aliphatic heterocycles. The molecule has 1 amide bonds. The zero-order valence-corrected chi connectivity index (χ0v) is 30.1. The summed E-state index contributed by atoms with van der Waals surface area (Å²) in [7, 11) is -4.34. The third kappa shape index (κ3) is 6.18. The van der Waals surface area contributed by atoms with Crippen molar-refractivity contribution < 1.29 is 18.1 Å². The quantitative estimate of drug-likeness (QED) is 0.213. The van der Waals surface area contributed by atoms with E-state index in [0.717, 1.165) is 49.5 Å². The number of sulfonamides is 1. The van der Waals surface area contributed by atoms with E-state index in [1.54, 1.807) is 12.1 Å². The highest BCUT2D eigenvalue weighted by Gasteiger charge is 2.52. The van der Waals surface area contributed by atoms with Crippen LogP contribution in [0.3, 0.4) is 0 Å². The van der Waals surface area contributed by atoms with Crippen LogP contribution in [0.15, 0.2) is 47.4 Å². The zero-order chi connectivity index (χ0) is 34.2. The van der Waals surface area contributed by atoms with Gasteiger partial charge >= 0.3 is 0 Å². The van der Waals surface area contributed by atoms with Crippen LogP contribution in [-0.4, -0.2) is 25.8 Å². The van der Waals surface area contributed by atoms with E-state index in [1.165, 1.54) is 56.2 Å². The number of anilines is 1. The molecule has 48 heavy (non-hydrogen) atoms. The Labute approximate surface area is 286 Å². The van der Waals surface area contributed by atoms with Crippen molar-refractivity contribution in [3.05, 3.63) is 63.7 Å². The summed E-state index contributed by atoms with van der Waals surface area (Å²) in [6.07, 6.45) is 12.3. The first kappa shape index (κ1) is 33.6. The third-order valence-electron chi connectivity index (χ3n) is 13.9. The lowest BCUT2D eigenvalue weighted by molar-refractivity contribution is -0.384. The Balaban J connectivity index is 1.02. The van der Waals surface area contributed by atoms with E-state index < -0.39 is 20.9 Å². The molecule has 0 aromatic heterocycles. The van der Waals surface area contributed by atoms with Gasteiger partial charge in [0.25, 0.3) is 21.6 Å². The minimum absolute atomic E-state index is 0.164. The van der Waals surface area contributed by atoms with Crippen LogP contribution in [0.25, 0.3) is 0 Å². The second-order valence-corrected chi connectivity index (χ2v) is 19.7. The molecule has 6 aliphatic carbocycles. The lowest BCUT2D eigenvalue weighted by atomic mass is 9.48. The van der Waals surface area contributed by atoms with Crippen molar-refractivity contribution in [1.29, 1.82) is 0 Å². The number of nitro groups is 1. The predicted octanol–water partition coefficient (Wildman–Crippen LogP) is 8.93. The molecule has 6 fully saturated rings. The van der Waals surface area contributed by atoms with Crippen molar-refractivity contribution in [1.82, 2.24) is 4.72 Å². The van der Waals surface area contributed by atoms with Gasteiger partial charge in [-0.25, -0.2) is 13.1 Å². The van der Waals surface area contributed by atoms with Gasteiger partial charge in [0.05, 0.1) is 9.82 Å². The Hall–Kier alpha value is -2.94. The Morgan fingerprint density at radius 3 is 1.98 bits per heavy atom. The van der Waals surface area contributed by atoms with Gasteiger partial charge in [0.1, 0.15) is 5.69 Å². The summed E-state index contributed by atoms with van der Waals surface area (Å²) in [5.74, 6) is 3.78. The SMILES string of the molecule is CC1CC2C(CC1c1ccc(C(=O)NS(=O)(=O)c3ccc(NCC45CC6CC(CC(C6)C4)C5)c([N+](=O)[O-])c3)cc1)C(C)(C)CCC2(C)C. The largest absolute Gasteiger partial charge is 0.379 e. The molecule has 2 aromatic carbocycles. The first-order valence-electron chi connectivity index (χ1n) is 18.2. The number of nitrogens with one attached hydrogen (secondary N) is 2. The van der Waals surface area contributed by atoms with Gasteiger partial charge in [0.15, 0.2) is 0 Å². The van der Waals surface area contributed by atoms with E-state index in [0.29, 0.717) is 46.7 Å². The molecule has 0 heterocycles. The van der Waals surface area contributed by atoms with E-state index >= 15 is 0 Å². The molecule has 8 rings (SSSR count). The van der Waals surface area contributed by atoms with Gasteiger partial charge in [-0.1, -0.05) is 46.8 Å². The number of carbonyl (C=O) groups excluding carboxylic acids is 1. The van der Waals surface area contributed by atoms with Gasteiger partial charge in [-0.15, -0.1) is 0 Å².